The van der Waals surface area contributed by atoms with Gasteiger partial charge in [0.2, 0.25) is 0 Å². The molecule has 0 amide bonds. The lowest BCUT2D eigenvalue weighted by molar-refractivity contribution is 0.447. The number of thioether (sulfide) groups is 1. The fourth-order valence-electron chi connectivity index (χ4n) is 2.27. The molecule has 0 saturated carbocycles. The van der Waals surface area contributed by atoms with Gasteiger partial charge in [-0.2, -0.15) is 0 Å². The van der Waals surface area contributed by atoms with E-state index >= 15 is 0 Å². The number of hydrogen-bond donors (Lipinski definition) is 1. The maximum Gasteiger partial charge on any atom is 0.0333 e. The number of nitrogens with one attached hydrogen (secondary N) is 1. The lowest BCUT2D eigenvalue weighted by Gasteiger charge is -2.22. The summed E-state index contributed by atoms with van der Waals surface area (Å²) < 4.78 is 0. The second-order valence-electron chi connectivity index (χ2n) is 4.91. The van der Waals surface area contributed by atoms with E-state index in [4.69, 9.17) is 0 Å². The summed E-state index contributed by atoms with van der Waals surface area (Å²) in [6.07, 6.45) is 2.57. The van der Waals surface area contributed by atoms with Gasteiger partial charge in [-0.1, -0.05) is 31.5 Å². The predicted molar refractivity (Wildman–Crippen MR) is 72.1 cm³/mol. The summed E-state index contributed by atoms with van der Waals surface area (Å²) in [7, 11) is 0. The molecule has 0 bridgehead atoms. The summed E-state index contributed by atoms with van der Waals surface area (Å²) in [6, 6.07) is 7.97. The van der Waals surface area contributed by atoms with Crippen molar-refractivity contribution in [1.29, 1.82) is 0 Å². The van der Waals surface area contributed by atoms with Crippen molar-refractivity contribution in [3.63, 3.8) is 0 Å². The molecule has 0 fully saturated rings. The highest BCUT2D eigenvalue weighted by molar-refractivity contribution is 7.99. The van der Waals surface area contributed by atoms with E-state index in [9.17, 15) is 0 Å². The van der Waals surface area contributed by atoms with Crippen LogP contribution in [0.15, 0.2) is 23.1 Å². The molecule has 1 aromatic rings. The summed E-state index contributed by atoms with van der Waals surface area (Å²) in [5.41, 5.74) is 2.88. The molecule has 0 spiro atoms. The van der Waals surface area contributed by atoms with Crippen LogP contribution in [0.1, 0.15) is 43.9 Å². The molecule has 0 radical (unpaired) electrons. The topological polar surface area (TPSA) is 12.0 Å². The van der Waals surface area contributed by atoms with Gasteiger partial charge < -0.3 is 5.32 Å². The molecule has 1 aromatic carbocycles. The molecule has 1 aliphatic rings. The van der Waals surface area contributed by atoms with Crippen LogP contribution in [0.3, 0.4) is 0 Å². The summed E-state index contributed by atoms with van der Waals surface area (Å²) in [5.74, 6) is 1.26. The van der Waals surface area contributed by atoms with E-state index in [0.717, 1.165) is 0 Å². The summed E-state index contributed by atoms with van der Waals surface area (Å²) >= 11 is 2.01. The molecule has 1 heterocycles. The van der Waals surface area contributed by atoms with E-state index in [-0.39, 0.29) is 0 Å². The van der Waals surface area contributed by atoms with Gasteiger partial charge in [0.25, 0.3) is 0 Å². The smallest absolute Gasteiger partial charge is 0.0333 e. The zero-order chi connectivity index (χ0) is 11.5. The van der Waals surface area contributed by atoms with Gasteiger partial charge in [-0.25, -0.2) is 0 Å². The highest BCUT2D eigenvalue weighted by Gasteiger charge is 2.19. The zero-order valence-corrected chi connectivity index (χ0v) is 11.2. The largest absolute Gasteiger partial charge is 0.308 e. The predicted octanol–water partition coefficient (Wildman–Crippen LogP) is 3.92. The molecule has 0 aliphatic carbocycles. The number of hydrogen-bond acceptors (Lipinski definition) is 2. The van der Waals surface area contributed by atoms with Crippen LogP contribution in [-0.4, -0.2) is 11.8 Å². The first-order valence-electron chi connectivity index (χ1n) is 6.16. The van der Waals surface area contributed by atoms with E-state index in [2.05, 4.69) is 44.3 Å². The Morgan fingerprint density at radius 2 is 2.19 bits per heavy atom. The van der Waals surface area contributed by atoms with Crippen LogP contribution in [0.2, 0.25) is 0 Å². The third-order valence-electron chi connectivity index (χ3n) is 2.97. The van der Waals surface area contributed by atoms with Gasteiger partial charge in [-0.05, 0) is 37.1 Å². The normalized spacial score (nSPS) is 20.6. The standard InChI is InChI=1S/C14H21NS/c1-10(2)15-13-5-4-8-16-14-7-6-11(3)9-12(13)14/h6-7,9-10,13,15H,4-5,8H2,1-3H3. The Bertz CT molecular complexity index is 360. The van der Waals surface area contributed by atoms with Crippen molar-refractivity contribution in [2.24, 2.45) is 0 Å². The molecule has 1 atom stereocenters. The second kappa shape index (κ2) is 5.24. The Labute approximate surface area is 103 Å². The van der Waals surface area contributed by atoms with E-state index in [1.165, 1.54) is 34.6 Å². The monoisotopic (exact) mass is 235 g/mol. The minimum atomic E-state index is 0.546. The zero-order valence-electron chi connectivity index (χ0n) is 10.4. The Hall–Kier alpha value is -0.470. The van der Waals surface area contributed by atoms with Crippen LogP contribution in [0.4, 0.5) is 0 Å². The highest BCUT2D eigenvalue weighted by atomic mass is 32.2. The molecule has 2 rings (SSSR count). The average molecular weight is 235 g/mol. The molecule has 0 aromatic heterocycles. The third kappa shape index (κ3) is 2.80. The molecule has 0 saturated heterocycles. The lowest BCUT2D eigenvalue weighted by atomic mass is 10.00. The van der Waals surface area contributed by atoms with Crippen molar-refractivity contribution in [2.45, 2.75) is 50.6 Å². The Balaban J connectivity index is 2.31. The third-order valence-corrected chi connectivity index (χ3v) is 4.15. The van der Waals surface area contributed by atoms with Gasteiger partial charge in [-0.3, -0.25) is 0 Å². The number of fused-ring (bicyclic) bond motifs is 1. The van der Waals surface area contributed by atoms with Crippen LogP contribution in [0, 0.1) is 6.92 Å². The molecule has 88 valence electrons. The van der Waals surface area contributed by atoms with Crippen molar-refractivity contribution in [3.8, 4) is 0 Å². The van der Waals surface area contributed by atoms with Crippen molar-refractivity contribution in [1.82, 2.24) is 5.32 Å². The van der Waals surface area contributed by atoms with Crippen molar-refractivity contribution >= 4 is 11.8 Å². The van der Waals surface area contributed by atoms with Crippen molar-refractivity contribution in [2.75, 3.05) is 5.75 Å². The van der Waals surface area contributed by atoms with E-state index < -0.39 is 0 Å². The Kier molecular flexibility index (Phi) is 3.93. The average Bonchev–Trinajstić information content (AvgIpc) is 2.41. The number of benzene rings is 1. The first-order chi connectivity index (χ1) is 7.66. The van der Waals surface area contributed by atoms with Gasteiger partial charge in [0.15, 0.2) is 0 Å². The first kappa shape index (κ1) is 12.0. The van der Waals surface area contributed by atoms with Crippen molar-refractivity contribution < 1.29 is 0 Å². The Morgan fingerprint density at radius 3 is 2.94 bits per heavy atom. The van der Waals surface area contributed by atoms with E-state index in [0.29, 0.717) is 12.1 Å². The van der Waals surface area contributed by atoms with Gasteiger partial charge in [0.05, 0.1) is 0 Å². The first-order valence-corrected chi connectivity index (χ1v) is 7.15. The van der Waals surface area contributed by atoms with Crippen LogP contribution >= 0.6 is 11.8 Å². The fourth-order valence-corrected chi connectivity index (χ4v) is 3.34. The molecule has 1 nitrogen and oxygen atoms in total. The van der Waals surface area contributed by atoms with Gasteiger partial charge in [-0.15, -0.1) is 11.8 Å². The molecule has 2 heteroatoms. The SMILES string of the molecule is Cc1ccc2c(c1)C(NC(C)C)CCCS2. The molecule has 1 aliphatic heterocycles. The summed E-state index contributed by atoms with van der Waals surface area (Å²) in [6.45, 7) is 6.64. The highest BCUT2D eigenvalue weighted by Crippen LogP contribution is 2.35. The molecular formula is C14H21NS. The summed E-state index contributed by atoms with van der Waals surface area (Å²) in [5, 5.41) is 3.69. The fraction of sp³-hybridized carbons (Fsp3) is 0.571. The number of aryl methyl sites for hydroxylation is 1. The Morgan fingerprint density at radius 1 is 1.38 bits per heavy atom. The summed E-state index contributed by atoms with van der Waals surface area (Å²) in [4.78, 5) is 1.47. The minimum Gasteiger partial charge on any atom is -0.308 e. The van der Waals surface area contributed by atoms with Gasteiger partial charge in [0, 0.05) is 17.0 Å². The van der Waals surface area contributed by atoms with Crippen LogP contribution in [0.25, 0.3) is 0 Å². The van der Waals surface area contributed by atoms with Crippen LogP contribution in [0.5, 0.6) is 0 Å². The molecule has 1 N–H and O–H groups in total. The van der Waals surface area contributed by atoms with Crippen LogP contribution < -0.4 is 5.32 Å². The molecular weight excluding hydrogens is 214 g/mol. The lowest BCUT2D eigenvalue weighted by Crippen LogP contribution is -2.28. The van der Waals surface area contributed by atoms with Gasteiger partial charge in [0.1, 0.15) is 0 Å². The number of rotatable bonds is 2. The molecule has 16 heavy (non-hydrogen) atoms. The second-order valence-corrected chi connectivity index (χ2v) is 6.04. The maximum absolute atomic E-state index is 3.69. The van der Waals surface area contributed by atoms with Crippen molar-refractivity contribution in [3.05, 3.63) is 29.3 Å². The molecule has 1 unspecified atom stereocenters. The van der Waals surface area contributed by atoms with E-state index in [1.807, 2.05) is 11.8 Å². The quantitative estimate of drug-likeness (QED) is 0.834. The van der Waals surface area contributed by atoms with Crippen LogP contribution in [-0.2, 0) is 0 Å². The minimum absolute atomic E-state index is 0.546. The van der Waals surface area contributed by atoms with E-state index in [1.54, 1.807) is 0 Å². The van der Waals surface area contributed by atoms with Gasteiger partial charge >= 0.3 is 0 Å². The maximum atomic E-state index is 3.69.